The molecule has 0 unspecified atom stereocenters. The van der Waals surface area contributed by atoms with Crippen LogP contribution in [-0.2, 0) is 11.3 Å². The summed E-state index contributed by atoms with van der Waals surface area (Å²) in [6.07, 6.45) is -1.29. The summed E-state index contributed by atoms with van der Waals surface area (Å²) < 4.78 is 11.2. The van der Waals surface area contributed by atoms with Crippen LogP contribution in [0.3, 0.4) is 0 Å². The maximum Gasteiger partial charge on any atom is 0.414 e. The zero-order valence-corrected chi connectivity index (χ0v) is 11.0. The molecule has 0 saturated carbocycles. The number of carboxylic acid groups (broad SMARTS) is 1. The van der Waals surface area contributed by atoms with E-state index in [1.165, 1.54) is 6.92 Å². The lowest BCUT2D eigenvalue weighted by Gasteiger charge is -2.18. The van der Waals surface area contributed by atoms with Gasteiger partial charge in [0.15, 0.2) is 11.5 Å². The fourth-order valence-electron chi connectivity index (χ4n) is 1.90. The monoisotopic (exact) mass is 265 g/mol. The second-order valence-electron chi connectivity index (χ2n) is 4.74. The Balaban J connectivity index is 2.31. The SMILES string of the molecule is CC(=O)N(Cc1cccc2c1OC(C)(C)O2)C(=O)O. The predicted molar refractivity (Wildman–Crippen MR) is 66.0 cm³/mol. The number of hydrogen-bond acceptors (Lipinski definition) is 4. The minimum atomic E-state index is -1.29. The summed E-state index contributed by atoms with van der Waals surface area (Å²) in [7, 11) is 0. The lowest BCUT2D eigenvalue weighted by Crippen LogP contribution is -2.33. The van der Waals surface area contributed by atoms with Gasteiger partial charge in [0.05, 0.1) is 6.54 Å². The van der Waals surface area contributed by atoms with E-state index in [-0.39, 0.29) is 6.54 Å². The molecular formula is C13H15NO5. The molecule has 1 aliphatic rings. The molecule has 0 spiro atoms. The predicted octanol–water partition coefficient (Wildman–Crippen LogP) is 2.22. The molecule has 0 fully saturated rings. The molecule has 1 heterocycles. The van der Waals surface area contributed by atoms with Crippen molar-refractivity contribution in [3.63, 3.8) is 0 Å². The van der Waals surface area contributed by atoms with Crippen molar-refractivity contribution in [1.29, 1.82) is 0 Å². The molecule has 0 saturated heterocycles. The largest absolute Gasteiger partial charge is 0.465 e. The van der Waals surface area contributed by atoms with Crippen molar-refractivity contribution < 1.29 is 24.2 Å². The van der Waals surface area contributed by atoms with Gasteiger partial charge in [0.2, 0.25) is 11.7 Å². The smallest absolute Gasteiger partial charge is 0.414 e. The minimum absolute atomic E-state index is 0.0622. The van der Waals surface area contributed by atoms with Crippen LogP contribution in [0.2, 0.25) is 0 Å². The molecule has 0 bridgehead atoms. The average molecular weight is 265 g/mol. The molecule has 6 heteroatoms. The lowest BCUT2D eigenvalue weighted by atomic mass is 10.1. The molecule has 0 radical (unpaired) electrons. The van der Waals surface area contributed by atoms with Crippen LogP contribution in [0.15, 0.2) is 18.2 Å². The third-order valence-electron chi connectivity index (χ3n) is 2.70. The number of amides is 2. The van der Waals surface area contributed by atoms with Gasteiger partial charge >= 0.3 is 6.09 Å². The number of hydrogen-bond donors (Lipinski definition) is 1. The standard InChI is InChI=1S/C13H15NO5/c1-8(15)14(12(16)17)7-9-5-4-6-10-11(9)19-13(2,3)18-10/h4-6H,7H2,1-3H3,(H,16,17). The number of nitrogens with zero attached hydrogens (tertiary/aromatic N) is 1. The highest BCUT2D eigenvalue weighted by Crippen LogP contribution is 2.42. The van der Waals surface area contributed by atoms with Gasteiger partial charge in [-0.25, -0.2) is 9.69 Å². The first-order valence-corrected chi connectivity index (χ1v) is 5.81. The zero-order valence-electron chi connectivity index (χ0n) is 11.0. The normalized spacial score (nSPS) is 15.1. The van der Waals surface area contributed by atoms with E-state index in [0.717, 1.165) is 4.90 Å². The zero-order chi connectivity index (χ0) is 14.2. The maximum absolute atomic E-state index is 11.3. The first kappa shape index (κ1) is 13.2. The van der Waals surface area contributed by atoms with Gasteiger partial charge in [0.25, 0.3) is 0 Å². The average Bonchev–Trinajstić information content (AvgIpc) is 2.59. The van der Waals surface area contributed by atoms with E-state index >= 15 is 0 Å². The van der Waals surface area contributed by atoms with Crippen molar-refractivity contribution in [3.05, 3.63) is 23.8 Å². The third kappa shape index (κ3) is 2.62. The van der Waals surface area contributed by atoms with Crippen molar-refractivity contribution in [3.8, 4) is 11.5 Å². The summed E-state index contributed by atoms with van der Waals surface area (Å²) in [5.41, 5.74) is 0.598. The van der Waals surface area contributed by atoms with E-state index in [1.54, 1.807) is 32.0 Å². The van der Waals surface area contributed by atoms with Crippen molar-refractivity contribution in [2.24, 2.45) is 0 Å². The Kier molecular flexibility index (Phi) is 3.09. The molecule has 6 nitrogen and oxygen atoms in total. The number of rotatable bonds is 2. The Hall–Kier alpha value is -2.24. The number of carbonyl (C=O) groups is 2. The van der Waals surface area contributed by atoms with E-state index in [1.807, 2.05) is 0 Å². The lowest BCUT2D eigenvalue weighted by molar-refractivity contribution is -0.127. The second kappa shape index (κ2) is 4.46. The fourth-order valence-corrected chi connectivity index (χ4v) is 1.90. The molecular weight excluding hydrogens is 250 g/mol. The molecule has 0 aliphatic carbocycles. The van der Waals surface area contributed by atoms with E-state index in [4.69, 9.17) is 14.6 Å². The highest BCUT2D eigenvalue weighted by molar-refractivity contribution is 5.89. The van der Waals surface area contributed by atoms with Crippen LogP contribution < -0.4 is 9.47 Å². The second-order valence-corrected chi connectivity index (χ2v) is 4.74. The molecule has 1 aliphatic heterocycles. The Labute approximate surface area is 110 Å². The van der Waals surface area contributed by atoms with E-state index in [2.05, 4.69) is 0 Å². The summed E-state index contributed by atoms with van der Waals surface area (Å²) in [5.74, 6) is -0.289. The molecule has 1 aromatic rings. The van der Waals surface area contributed by atoms with Gasteiger partial charge in [-0.1, -0.05) is 12.1 Å². The fraction of sp³-hybridized carbons (Fsp3) is 0.385. The van der Waals surface area contributed by atoms with Crippen LogP contribution in [0.1, 0.15) is 26.3 Å². The van der Waals surface area contributed by atoms with Crippen LogP contribution in [-0.4, -0.2) is 27.8 Å². The van der Waals surface area contributed by atoms with Gasteiger partial charge in [0.1, 0.15) is 0 Å². The van der Waals surface area contributed by atoms with Crippen molar-refractivity contribution in [2.75, 3.05) is 0 Å². The van der Waals surface area contributed by atoms with Crippen LogP contribution in [0, 0.1) is 0 Å². The summed E-state index contributed by atoms with van der Waals surface area (Å²) in [4.78, 5) is 23.0. The summed E-state index contributed by atoms with van der Waals surface area (Å²) in [6.45, 7) is 4.67. The number of ether oxygens (including phenoxy) is 2. The molecule has 2 amide bonds. The Morgan fingerprint density at radius 2 is 2.00 bits per heavy atom. The Bertz CT molecular complexity index is 524. The van der Waals surface area contributed by atoms with Crippen molar-refractivity contribution in [2.45, 2.75) is 33.1 Å². The molecule has 19 heavy (non-hydrogen) atoms. The summed E-state index contributed by atoms with van der Waals surface area (Å²) >= 11 is 0. The van der Waals surface area contributed by atoms with Gasteiger partial charge in [-0.2, -0.15) is 0 Å². The summed E-state index contributed by atoms with van der Waals surface area (Å²) in [5, 5.41) is 8.99. The molecule has 1 aromatic carbocycles. The Morgan fingerprint density at radius 1 is 1.32 bits per heavy atom. The molecule has 0 atom stereocenters. The minimum Gasteiger partial charge on any atom is -0.465 e. The highest BCUT2D eigenvalue weighted by atomic mass is 16.7. The Morgan fingerprint density at radius 3 is 2.58 bits per heavy atom. The molecule has 0 aromatic heterocycles. The molecule has 102 valence electrons. The van der Waals surface area contributed by atoms with Crippen molar-refractivity contribution >= 4 is 12.0 Å². The van der Waals surface area contributed by atoms with Crippen molar-refractivity contribution in [1.82, 2.24) is 4.90 Å². The van der Waals surface area contributed by atoms with Gasteiger partial charge in [-0.3, -0.25) is 4.79 Å². The number of imide groups is 1. The number of fused-ring (bicyclic) bond motifs is 1. The van der Waals surface area contributed by atoms with Gasteiger partial charge in [0, 0.05) is 26.3 Å². The molecule has 2 rings (SSSR count). The number of para-hydroxylation sites is 1. The van der Waals surface area contributed by atoms with E-state index in [0.29, 0.717) is 17.1 Å². The number of carbonyl (C=O) groups excluding carboxylic acids is 1. The van der Waals surface area contributed by atoms with Gasteiger partial charge in [-0.05, 0) is 6.07 Å². The van der Waals surface area contributed by atoms with E-state index in [9.17, 15) is 9.59 Å². The van der Waals surface area contributed by atoms with Crippen LogP contribution in [0.5, 0.6) is 11.5 Å². The maximum atomic E-state index is 11.3. The quantitative estimate of drug-likeness (QED) is 0.887. The first-order chi connectivity index (χ1) is 8.80. The van der Waals surface area contributed by atoms with Gasteiger partial charge in [-0.15, -0.1) is 0 Å². The van der Waals surface area contributed by atoms with E-state index < -0.39 is 17.8 Å². The van der Waals surface area contributed by atoms with Crippen LogP contribution in [0.4, 0.5) is 4.79 Å². The topological polar surface area (TPSA) is 76.1 Å². The highest BCUT2D eigenvalue weighted by Gasteiger charge is 2.34. The first-order valence-electron chi connectivity index (χ1n) is 5.81. The number of benzene rings is 1. The van der Waals surface area contributed by atoms with Crippen LogP contribution in [0.25, 0.3) is 0 Å². The third-order valence-corrected chi connectivity index (χ3v) is 2.70. The van der Waals surface area contributed by atoms with Crippen LogP contribution >= 0.6 is 0 Å². The molecule has 1 N–H and O–H groups in total. The summed E-state index contributed by atoms with van der Waals surface area (Å²) in [6, 6.07) is 5.19. The van der Waals surface area contributed by atoms with Gasteiger partial charge < -0.3 is 14.6 Å².